The molecule has 112 valence electrons. The van der Waals surface area contributed by atoms with Crippen LogP contribution >= 0.6 is 11.3 Å². The Morgan fingerprint density at radius 2 is 1.90 bits per heavy atom. The Hall–Kier alpha value is -1.75. The molecule has 2 nitrogen and oxygen atoms in total. The van der Waals surface area contributed by atoms with E-state index in [1.165, 1.54) is 22.3 Å². The van der Waals surface area contributed by atoms with E-state index < -0.39 is 23.2 Å². The molecule has 0 spiro atoms. The lowest BCUT2D eigenvalue weighted by molar-refractivity contribution is 0.102. The molecule has 2 rings (SSSR count). The largest absolute Gasteiger partial charge is 0.316 e. The summed E-state index contributed by atoms with van der Waals surface area (Å²) in [6, 6.07) is 5.31. The standard InChI is InChI=1S/C16H17F2NOS/c1-3-6-13-10(4-2)9-14(21-13)16(20)19-15-11(17)7-5-8-12(15)18/h5,7-9H,3-4,6H2,1-2H3,(H,19,20). The van der Waals surface area contributed by atoms with Crippen molar-refractivity contribution in [1.82, 2.24) is 0 Å². The van der Waals surface area contributed by atoms with Crippen LogP contribution in [0.5, 0.6) is 0 Å². The van der Waals surface area contributed by atoms with E-state index in [-0.39, 0.29) is 0 Å². The van der Waals surface area contributed by atoms with E-state index >= 15 is 0 Å². The Balaban J connectivity index is 2.24. The fourth-order valence-electron chi connectivity index (χ4n) is 2.11. The van der Waals surface area contributed by atoms with Crippen molar-refractivity contribution in [3.63, 3.8) is 0 Å². The highest BCUT2D eigenvalue weighted by Crippen LogP contribution is 2.26. The van der Waals surface area contributed by atoms with E-state index in [0.29, 0.717) is 4.88 Å². The zero-order valence-corrected chi connectivity index (χ0v) is 12.8. The van der Waals surface area contributed by atoms with Crippen LogP contribution in [0.1, 0.15) is 40.4 Å². The number of aryl methyl sites for hydroxylation is 2. The Labute approximate surface area is 126 Å². The average molecular weight is 309 g/mol. The van der Waals surface area contributed by atoms with Gasteiger partial charge in [0.25, 0.3) is 5.91 Å². The number of thiophene rings is 1. The molecule has 0 aliphatic heterocycles. The van der Waals surface area contributed by atoms with Crippen molar-refractivity contribution < 1.29 is 13.6 Å². The van der Waals surface area contributed by atoms with Crippen LogP contribution in [-0.4, -0.2) is 5.91 Å². The minimum atomic E-state index is -0.774. The number of hydrogen-bond donors (Lipinski definition) is 1. The van der Waals surface area contributed by atoms with Gasteiger partial charge in [0.15, 0.2) is 0 Å². The molecule has 21 heavy (non-hydrogen) atoms. The summed E-state index contributed by atoms with van der Waals surface area (Å²) in [6.45, 7) is 4.10. The molecule has 1 aromatic heterocycles. The van der Waals surface area contributed by atoms with Crippen LogP contribution in [0.3, 0.4) is 0 Å². The van der Waals surface area contributed by atoms with Gasteiger partial charge in [-0.2, -0.15) is 0 Å². The minimum Gasteiger partial charge on any atom is -0.316 e. The monoisotopic (exact) mass is 309 g/mol. The van der Waals surface area contributed by atoms with Crippen molar-refractivity contribution in [2.75, 3.05) is 5.32 Å². The summed E-state index contributed by atoms with van der Waals surface area (Å²) in [5.41, 5.74) is 0.729. The normalized spacial score (nSPS) is 10.7. The molecular formula is C16H17F2NOS. The minimum absolute atomic E-state index is 0.397. The number of carbonyl (C=O) groups excluding carboxylic acids is 1. The van der Waals surface area contributed by atoms with Gasteiger partial charge in [0.1, 0.15) is 17.3 Å². The molecule has 0 saturated heterocycles. The summed E-state index contributed by atoms with van der Waals surface area (Å²) in [4.78, 5) is 13.8. The molecule has 0 unspecified atom stereocenters. The number of nitrogens with one attached hydrogen (secondary N) is 1. The van der Waals surface area contributed by atoms with E-state index in [2.05, 4.69) is 12.2 Å². The van der Waals surface area contributed by atoms with Crippen molar-refractivity contribution in [3.8, 4) is 0 Å². The van der Waals surface area contributed by atoms with E-state index in [4.69, 9.17) is 0 Å². The highest BCUT2D eigenvalue weighted by atomic mass is 32.1. The lowest BCUT2D eigenvalue weighted by atomic mass is 10.1. The summed E-state index contributed by atoms with van der Waals surface area (Å²) < 4.78 is 27.1. The summed E-state index contributed by atoms with van der Waals surface area (Å²) in [7, 11) is 0. The fourth-order valence-corrected chi connectivity index (χ4v) is 3.36. The first-order valence-corrected chi connectivity index (χ1v) is 7.75. The first-order chi connectivity index (χ1) is 10.1. The van der Waals surface area contributed by atoms with Gasteiger partial charge in [-0.1, -0.05) is 26.3 Å². The number of halogens is 2. The molecule has 0 aliphatic carbocycles. The zero-order valence-electron chi connectivity index (χ0n) is 12.0. The molecule has 0 radical (unpaired) electrons. The molecule has 1 amide bonds. The Bertz CT molecular complexity index is 631. The van der Waals surface area contributed by atoms with Gasteiger partial charge in [0.05, 0.1) is 4.88 Å². The van der Waals surface area contributed by atoms with Crippen LogP contribution in [0, 0.1) is 11.6 Å². The predicted molar refractivity (Wildman–Crippen MR) is 82.0 cm³/mol. The van der Waals surface area contributed by atoms with Crippen molar-refractivity contribution in [2.24, 2.45) is 0 Å². The third-order valence-electron chi connectivity index (χ3n) is 3.18. The first-order valence-electron chi connectivity index (χ1n) is 6.93. The maximum Gasteiger partial charge on any atom is 0.265 e. The number of para-hydroxylation sites is 1. The predicted octanol–water partition coefficient (Wildman–Crippen LogP) is 4.79. The van der Waals surface area contributed by atoms with Gasteiger partial charge in [-0.3, -0.25) is 4.79 Å². The second kappa shape index (κ2) is 6.80. The maximum atomic E-state index is 13.5. The first kappa shape index (κ1) is 15.6. The van der Waals surface area contributed by atoms with Crippen LogP contribution in [0.15, 0.2) is 24.3 Å². The van der Waals surface area contributed by atoms with Gasteiger partial charge in [-0.25, -0.2) is 8.78 Å². The van der Waals surface area contributed by atoms with Crippen LogP contribution in [-0.2, 0) is 12.8 Å². The van der Waals surface area contributed by atoms with Crippen LogP contribution in [0.25, 0.3) is 0 Å². The van der Waals surface area contributed by atoms with Crippen LogP contribution < -0.4 is 5.32 Å². The second-order valence-corrected chi connectivity index (χ2v) is 5.85. The summed E-state index contributed by atoms with van der Waals surface area (Å²) in [6.07, 6.45) is 2.75. The van der Waals surface area contributed by atoms with E-state index in [0.717, 1.165) is 37.0 Å². The molecule has 1 heterocycles. The molecular weight excluding hydrogens is 292 g/mol. The van der Waals surface area contributed by atoms with Crippen molar-refractivity contribution in [3.05, 3.63) is 51.2 Å². The molecule has 0 atom stereocenters. The van der Waals surface area contributed by atoms with Gasteiger partial charge in [0, 0.05) is 4.88 Å². The number of hydrogen-bond acceptors (Lipinski definition) is 2. The Kier molecular flexibility index (Phi) is 5.07. The third kappa shape index (κ3) is 3.47. The average Bonchev–Trinajstić information content (AvgIpc) is 2.86. The second-order valence-electron chi connectivity index (χ2n) is 4.71. The lowest BCUT2D eigenvalue weighted by Crippen LogP contribution is -2.12. The number of anilines is 1. The third-order valence-corrected chi connectivity index (χ3v) is 4.42. The van der Waals surface area contributed by atoms with E-state index in [1.807, 2.05) is 13.0 Å². The number of amides is 1. The molecule has 0 fully saturated rings. The Morgan fingerprint density at radius 1 is 1.24 bits per heavy atom. The quantitative estimate of drug-likeness (QED) is 0.845. The van der Waals surface area contributed by atoms with E-state index in [1.54, 1.807) is 0 Å². The molecule has 2 aromatic rings. The molecule has 0 bridgehead atoms. The van der Waals surface area contributed by atoms with E-state index in [9.17, 15) is 13.6 Å². The molecule has 5 heteroatoms. The zero-order chi connectivity index (χ0) is 15.4. The van der Waals surface area contributed by atoms with Crippen molar-refractivity contribution >= 4 is 22.9 Å². The summed E-state index contributed by atoms with van der Waals surface area (Å²) in [5, 5.41) is 2.32. The Morgan fingerprint density at radius 3 is 2.48 bits per heavy atom. The van der Waals surface area contributed by atoms with Crippen molar-refractivity contribution in [1.29, 1.82) is 0 Å². The van der Waals surface area contributed by atoms with Gasteiger partial charge >= 0.3 is 0 Å². The molecule has 1 N–H and O–H groups in total. The lowest BCUT2D eigenvalue weighted by Gasteiger charge is -2.05. The van der Waals surface area contributed by atoms with Gasteiger partial charge in [-0.05, 0) is 36.6 Å². The van der Waals surface area contributed by atoms with Crippen molar-refractivity contribution in [2.45, 2.75) is 33.1 Å². The van der Waals surface area contributed by atoms with Gasteiger partial charge < -0.3 is 5.32 Å². The highest BCUT2D eigenvalue weighted by Gasteiger charge is 2.17. The fraction of sp³-hybridized carbons (Fsp3) is 0.312. The van der Waals surface area contributed by atoms with Gasteiger partial charge in [-0.15, -0.1) is 11.3 Å². The maximum absolute atomic E-state index is 13.5. The highest BCUT2D eigenvalue weighted by molar-refractivity contribution is 7.14. The summed E-state index contributed by atoms with van der Waals surface area (Å²) >= 11 is 1.39. The topological polar surface area (TPSA) is 29.1 Å². The smallest absolute Gasteiger partial charge is 0.265 e. The number of carbonyl (C=O) groups is 1. The van der Waals surface area contributed by atoms with Crippen LogP contribution in [0.4, 0.5) is 14.5 Å². The number of benzene rings is 1. The SMILES string of the molecule is CCCc1sc(C(=O)Nc2c(F)cccc2F)cc1CC. The van der Waals surface area contributed by atoms with Gasteiger partial charge in [0.2, 0.25) is 0 Å². The molecule has 0 aliphatic rings. The summed E-state index contributed by atoms with van der Waals surface area (Å²) in [5.74, 6) is -2.02. The molecule has 1 aromatic carbocycles. The number of rotatable bonds is 5. The van der Waals surface area contributed by atoms with Crippen LogP contribution in [0.2, 0.25) is 0 Å². The molecule has 0 saturated carbocycles.